The van der Waals surface area contributed by atoms with Crippen molar-refractivity contribution in [2.24, 2.45) is 0 Å². The molecule has 2 aromatic rings. The first-order valence-electron chi connectivity index (χ1n) is 10.5. The van der Waals surface area contributed by atoms with Crippen molar-refractivity contribution in [1.82, 2.24) is 4.31 Å². The third-order valence-electron chi connectivity index (χ3n) is 5.52. The van der Waals surface area contributed by atoms with Gasteiger partial charge >= 0.3 is 0 Å². The molecule has 12 heteroatoms. The zero-order valence-electron chi connectivity index (χ0n) is 19.6. The van der Waals surface area contributed by atoms with E-state index < -0.39 is 32.5 Å². The molecule has 3 rings (SSSR count). The van der Waals surface area contributed by atoms with Crippen LogP contribution in [-0.2, 0) is 29.6 Å². The second-order valence-electron chi connectivity index (χ2n) is 7.96. The fraction of sp³-hybridized carbons (Fsp3) is 0.409. The van der Waals surface area contributed by atoms with Crippen LogP contribution in [0, 0.1) is 13.8 Å². The quantitative estimate of drug-likeness (QED) is 0.573. The Morgan fingerprint density at radius 1 is 1.06 bits per heavy atom. The molecule has 1 N–H and O–H groups in total. The Morgan fingerprint density at radius 3 is 2.32 bits per heavy atom. The standard InChI is InChI=1S/C22H29N3O7S2/c1-16-5-6-18(13-17(16)2)25(33(4,27)28)15-22(26)23-20-14-19(7-8-21(20)31-3)34(29,30)24-9-11-32-12-10-24/h5-8,13-14H,9-12,15H2,1-4H3,(H,23,26). The Kier molecular flexibility index (Phi) is 7.86. The molecule has 1 fully saturated rings. The minimum atomic E-state index is -3.80. The number of nitrogens with one attached hydrogen (secondary N) is 1. The molecule has 34 heavy (non-hydrogen) atoms. The van der Waals surface area contributed by atoms with E-state index >= 15 is 0 Å². The molecule has 1 aliphatic heterocycles. The Morgan fingerprint density at radius 2 is 1.74 bits per heavy atom. The van der Waals surface area contributed by atoms with Gasteiger partial charge in [0, 0.05) is 13.1 Å². The van der Waals surface area contributed by atoms with Crippen molar-refractivity contribution in [3.63, 3.8) is 0 Å². The third-order valence-corrected chi connectivity index (χ3v) is 8.55. The molecule has 0 spiro atoms. The average molecular weight is 512 g/mol. The normalized spacial score (nSPS) is 15.1. The fourth-order valence-electron chi connectivity index (χ4n) is 3.48. The number of carbonyl (C=O) groups excluding carboxylic acids is 1. The molecule has 0 unspecified atom stereocenters. The number of rotatable bonds is 8. The number of anilines is 2. The predicted molar refractivity (Wildman–Crippen MR) is 129 cm³/mol. The van der Waals surface area contributed by atoms with Crippen LogP contribution in [0.5, 0.6) is 5.75 Å². The summed E-state index contributed by atoms with van der Waals surface area (Å²) >= 11 is 0. The summed E-state index contributed by atoms with van der Waals surface area (Å²) in [5.41, 5.74) is 2.35. The Hall–Kier alpha value is -2.67. The van der Waals surface area contributed by atoms with Gasteiger partial charge in [0.15, 0.2) is 0 Å². The fourth-order valence-corrected chi connectivity index (χ4v) is 5.77. The van der Waals surface area contributed by atoms with Crippen LogP contribution in [0.3, 0.4) is 0 Å². The topological polar surface area (TPSA) is 122 Å². The zero-order chi connectivity index (χ0) is 25.1. The number of hydrogen-bond acceptors (Lipinski definition) is 7. The molecule has 0 aliphatic carbocycles. The molecule has 10 nitrogen and oxygen atoms in total. The molecule has 0 bridgehead atoms. The van der Waals surface area contributed by atoms with Crippen LogP contribution < -0.4 is 14.4 Å². The van der Waals surface area contributed by atoms with Gasteiger partial charge in [0.1, 0.15) is 12.3 Å². The van der Waals surface area contributed by atoms with Crippen LogP contribution in [-0.4, -0.2) is 73.3 Å². The lowest BCUT2D eigenvalue weighted by Crippen LogP contribution is -2.40. The maximum absolute atomic E-state index is 13.0. The number of morpholine rings is 1. The Bertz CT molecular complexity index is 1270. The van der Waals surface area contributed by atoms with Crippen molar-refractivity contribution in [3.8, 4) is 5.75 Å². The van der Waals surface area contributed by atoms with Crippen molar-refractivity contribution in [1.29, 1.82) is 0 Å². The maximum Gasteiger partial charge on any atom is 0.245 e. The highest BCUT2D eigenvalue weighted by molar-refractivity contribution is 7.92. The number of sulfonamides is 2. The molecular weight excluding hydrogens is 482 g/mol. The minimum absolute atomic E-state index is 0.0142. The number of methoxy groups -OCH3 is 1. The summed E-state index contributed by atoms with van der Waals surface area (Å²) in [6, 6.07) is 9.26. The molecule has 1 heterocycles. The van der Waals surface area contributed by atoms with Crippen LogP contribution in [0.1, 0.15) is 11.1 Å². The van der Waals surface area contributed by atoms with Crippen LogP contribution in [0.25, 0.3) is 0 Å². The van der Waals surface area contributed by atoms with E-state index in [0.29, 0.717) is 18.9 Å². The molecule has 0 radical (unpaired) electrons. The summed E-state index contributed by atoms with van der Waals surface area (Å²) < 4.78 is 63.7. The van der Waals surface area contributed by atoms with Gasteiger partial charge in [-0.1, -0.05) is 6.07 Å². The number of hydrogen-bond donors (Lipinski definition) is 1. The van der Waals surface area contributed by atoms with E-state index in [1.165, 1.54) is 29.6 Å². The van der Waals surface area contributed by atoms with Gasteiger partial charge in [-0.2, -0.15) is 4.31 Å². The van der Waals surface area contributed by atoms with Crippen molar-refractivity contribution in [3.05, 3.63) is 47.5 Å². The van der Waals surface area contributed by atoms with Gasteiger partial charge < -0.3 is 14.8 Å². The summed E-state index contributed by atoms with van der Waals surface area (Å²) in [6.07, 6.45) is 1.02. The lowest BCUT2D eigenvalue weighted by molar-refractivity contribution is -0.114. The van der Waals surface area contributed by atoms with E-state index in [-0.39, 0.29) is 29.4 Å². The van der Waals surface area contributed by atoms with E-state index in [1.54, 1.807) is 18.2 Å². The Balaban J connectivity index is 1.87. The van der Waals surface area contributed by atoms with Crippen molar-refractivity contribution >= 4 is 37.3 Å². The van der Waals surface area contributed by atoms with Crippen LogP contribution in [0.4, 0.5) is 11.4 Å². The summed E-state index contributed by atoms with van der Waals surface area (Å²) in [7, 11) is -6.19. The SMILES string of the molecule is COc1ccc(S(=O)(=O)N2CCOCC2)cc1NC(=O)CN(c1ccc(C)c(C)c1)S(C)(=O)=O. The van der Waals surface area contributed by atoms with E-state index in [1.807, 2.05) is 13.8 Å². The third kappa shape index (κ3) is 5.87. The van der Waals surface area contributed by atoms with E-state index in [2.05, 4.69) is 5.32 Å². The number of carbonyl (C=O) groups is 1. The second-order valence-corrected chi connectivity index (χ2v) is 11.8. The zero-order valence-corrected chi connectivity index (χ0v) is 21.2. The first-order valence-corrected chi connectivity index (χ1v) is 13.8. The minimum Gasteiger partial charge on any atom is -0.495 e. The molecule has 1 aliphatic rings. The number of nitrogens with zero attached hydrogens (tertiary/aromatic N) is 2. The number of ether oxygens (including phenoxy) is 2. The van der Waals surface area contributed by atoms with Crippen LogP contribution in [0.2, 0.25) is 0 Å². The van der Waals surface area contributed by atoms with E-state index in [9.17, 15) is 21.6 Å². The molecule has 1 amide bonds. The number of amides is 1. The summed E-state index contributed by atoms with van der Waals surface area (Å²) in [5.74, 6) is -0.408. The Labute approximate surface area is 200 Å². The lowest BCUT2D eigenvalue weighted by atomic mass is 10.1. The molecule has 1 saturated heterocycles. The molecule has 0 atom stereocenters. The van der Waals surface area contributed by atoms with Crippen LogP contribution >= 0.6 is 0 Å². The van der Waals surface area contributed by atoms with Gasteiger partial charge in [0.05, 0.1) is 42.8 Å². The molecular formula is C22H29N3O7S2. The highest BCUT2D eigenvalue weighted by Crippen LogP contribution is 2.29. The summed E-state index contributed by atoms with van der Waals surface area (Å²) in [6.45, 7) is 4.33. The molecule has 0 saturated carbocycles. The first kappa shape index (κ1) is 25.9. The first-order chi connectivity index (χ1) is 15.9. The molecule has 186 valence electrons. The van der Waals surface area contributed by atoms with Gasteiger partial charge in [-0.3, -0.25) is 9.10 Å². The summed E-state index contributed by atoms with van der Waals surface area (Å²) in [5, 5.41) is 2.60. The van der Waals surface area contributed by atoms with Gasteiger partial charge in [-0.25, -0.2) is 16.8 Å². The lowest BCUT2D eigenvalue weighted by Gasteiger charge is -2.26. The van der Waals surface area contributed by atoms with Gasteiger partial charge in [-0.05, 0) is 55.3 Å². The van der Waals surface area contributed by atoms with Crippen molar-refractivity contribution in [2.75, 3.05) is 55.8 Å². The number of benzene rings is 2. The monoisotopic (exact) mass is 511 g/mol. The van der Waals surface area contributed by atoms with Gasteiger partial charge in [0.25, 0.3) is 0 Å². The van der Waals surface area contributed by atoms with Crippen molar-refractivity contribution < 1.29 is 31.1 Å². The molecule has 0 aromatic heterocycles. The van der Waals surface area contributed by atoms with Gasteiger partial charge in [0.2, 0.25) is 26.0 Å². The molecule has 2 aromatic carbocycles. The van der Waals surface area contributed by atoms with E-state index in [4.69, 9.17) is 9.47 Å². The highest BCUT2D eigenvalue weighted by Gasteiger charge is 2.28. The summed E-state index contributed by atoms with van der Waals surface area (Å²) in [4.78, 5) is 12.9. The van der Waals surface area contributed by atoms with Crippen molar-refractivity contribution in [2.45, 2.75) is 18.7 Å². The van der Waals surface area contributed by atoms with Crippen LogP contribution in [0.15, 0.2) is 41.3 Å². The highest BCUT2D eigenvalue weighted by atomic mass is 32.2. The maximum atomic E-state index is 13.0. The largest absolute Gasteiger partial charge is 0.495 e. The van der Waals surface area contributed by atoms with Gasteiger partial charge in [-0.15, -0.1) is 0 Å². The number of aryl methyl sites for hydroxylation is 2. The predicted octanol–water partition coefficient (Wildman–Crippen LogP) is 1.74. The second kappa shape index (κ2) is 10.3. The van der Waals surface area contributed by atoms with E-state index in [0.717, 1.165) is 21.7 Å². The average Bonchev–Trinajstić information content (AvgIpc) is 2.79. The smallest absolute Gasteiger partial charge is 0.245 e.